The third kappa shape index (κ3) is 3.80. The van der Waals surface area contributed by atoms with Crippen molar-refractivity contribution in [3.05, 3.63) is 24.2 Å². The molecule has 0 aliphatic carbocycles. The minimum absolute atomic E-state index is 0.0535. The van der Waals surface area contributed by atoms with Crippen LogP contribution in [0.5, 0.6) is 0 Å². The summed E-state index contributed by atoms with van der Waals surface area (Å²) < 4.78 is 5.94. The molecule has 0 fully saturated rings. The fourth-order valence-electron chi connectivity index (χ4n) is 0.917. The van der Waals surface area contributed by atoms with Gasteiger partial charge in [-0.25, -0.2) is 0 Å². The smallest absolute Gasteiger partial charge is 0.254 e. The van der Waals surface area contributed by atoms with Gasteiger partial charge < -0.3 is 9.73 Å². The van der Waals surface area contributed by atoms with Gasteiger partial charge >= 0.3 is 0 Å². The third-order valence-corrected chi connectivity index (χ3v) is 2.39. The third-order valence-electron chi connectivity index (χ3n) is 1.63. The first-order valence-corrected chi connectivity index (χ1v) is 5.73. The number of alkyl halides is 1. The largest absolute Gasteiger partial charge is 0.472 e. The molecular formula is C9H12INO2. The Kier molecular flexibility index (Phi) is 4.88. The molecule has 0 saturated carbocycles. The molecule has 4 heteroatoms. The van der Waals surface area contributed by atoms with Crippen molar-refractivity contribution < 1.29 is 9.21 Å². The summed E-state index contributed by atoms with van der Waals surface area (Å²) in [6.45, 7) is 0.743. The van der Waals surface area contributed by atoms with Gasteiger partial charge in [-0.05, 0) is 23.3 Å². The quantitative estimate of drug-likeness (QED) is 0.514. The molecule has 0 atom stereocenters. The normalized spacial score (nSPS) is 9.92. The van der Waals surface area contributed by atoms with Gasteiger partial charge in [0.25, 0.3) is 5.91 Å². The van der Waals surface area contributed by atoms with Gasteiger partial charge in [-0.1, -0.05) is 22.6 Å². The number of amides is 1. The SMILES string of the molecule is O=C(NCCCCI)c1ccoc1. The molecule has 0 bridgehead atoms. The zero-order valence-electron chi connectivity index (χ0n) is 7.25. The molecule has 72 valence electrons. The fourth-order valence-corrected chi connectivity index (χ4v) is 1.46. The number of hydrogen-bond acceptors (Lipinski definition) is 2. The summed E-state index contributed by atoms with van der Waals surface area (Å²) in [5.41, 5.74) is 0.592. The summed E-state index contributed by atoms with van der Waals surface area (Å²) in [4.78, 5) is 11.3. The van der Waals surface area contributed by atoms with Gasteiger partial charge in [0.2, 0.25) is 0 Å². The molecule has 1 heterocycles. The molecule has 0 aromatic carbocycles. The molecule has 1 N–H and O–H groups in total. The standard InChI is InChI=1S/C9H12INO2/c10-4-1-2-5-11-9(12)8-3-6-13-7-8/h3,6-7H,1-2,4-5H2,(H,11,12). The van der Waals surface area contributed by atoms with Crippen molar-refractivity contribution in [2.75, 3.05) is 11.0 Å². The van der Waals surface area contributed by atoms with Crippen molar-refractivity contribution in [3.63, 3.8) is 0 Å². The van der Waals surface area contributed by atoms with Crippen LogP contribution in [-0.4, -0.2) is 16.9 Å². The Bertz CT molecular complexity index is 246. The van der Waals surface area contributed by atoms with E-state index >= 15 is 0 Å². The number of carbonyl (C=O) groups is 1. The van der Waals surface area contributed by atoms with E-state index in [0.717, 1.165) is 23.8 Å². The summed E-state index contributed by atoms with van der Waals surface area (Å²) in [6, 6.07) is 1.66. The average molecular weight is 293 g/mol. The first kappa shape index (κ1) is 10.6. The number of nitrogens with one attached hydrogen (secondary N) is 1. The zero-order valence-corrected chi connectivity index (χ0v) is 9.41. The van der Waals surface area contributed by atoms with Crippen molar-refractivity contribution in [1.29, 1.82) is 0 Å². The Morgan fingerprint density at radius 1 is 1.54 bits per heavy atom. The van der Waals surface area contributed by atoms with Gasteiger partial charge in [0.05, 0.1) is 11.8 Å². The summed E-state index contributed by atoms with van der Waals surface area (Å²) in [7, 11) is 0. The lowest BCUT2D eigenvalue weighted by Gasteiger charge is -2.01. The second-order valence-electron chi connectivity index (χ2n) is 2.66. The molecule has 0 radical (unpaired) electrons. The van der Waals surface area contributed by atoms with Crippen LogP contribution >= 0.6 is 22.6 Å². The topological polar surface area (TPSA) is 42.2 Å². The van der Waals surface area contributed by atoms with Crippen molar-refractivity contribution in [2.24, 2.45) is 0 Å². The van der Waals surface area contributed by atoms with Crippen LogP contribution in [0.15, 0.2) is 23.0 Å². The second kappa shape index (κ2) is 6.01. The zero-order chi connectivity index (χ0) is 9.52. The number of carbonyl (C=O) groups excluding carboxylic acids is 1. The highest BCUT2D eigenvalue weighted by atomic mass is 127. The minimum Gasteiger partial charge on any atom is -0.472 e. The van der Waals surface area contributed by atoms with Crippen LogP contribution in [0.1, 0.15) is 23.2 Å². The lowest BCUT2D eigenvalue weighted by molar-refractivity contribution is 0.0952. The maximum Gasteiger partial charge on any atom is 0.254 e. The van der Waals surface area contributed by atoms with Gasteiger partial charge in [0.15, 0.2) is 0 Å². The molecule has 1 aromatic heterocycles. The lowest BCUT2D eigenvalue weighted by atomic mass is 10.3. The van der Waals surface area contributed by atoms with E-state index in [-0.39, 0.29) is 5.91 Å². The molecule has 1 aromatic rings. The Hall–Kier alpha value is -0.520. The van der Waals surface area contributed by atoms with E-state index in [0.29, 0.717) is 5.56 Å². The number of hydrogen-bond donors (Lipinski definition) is 1. The van der Waals surface area contributed by atoms with Gasteiger partial charge in [0, 0.05) is 6.54 Å². The Morgan fingerprint density at radius 3 is 3.00 bits per heavy atom. The molecule has 0 aliphatic rings. The molecule has 13 heavy (non-hydrogen) atoms. The highest BCUT2D eigenvalue weighted by molar-refractivity contribution is 14.1. The highest BCUT2D eigenvalue weighted by Gasteiger charge is 2.04. The van der Waals surface area contributed by atoms with Crippen LogP contribution in [0.25, 0.3) is 0 Å². The molecule has 0 saturated heterocycles. The Morgan fingerprint density at radius 2 is 2.38 bits per heavy atom. The van der Waals surface area contributed by atoms with Crippen LogP contribution in [-0.2, 0) is 0 Å². The van der Waals surface area contributed by atoms with Crippen LogP contribution in [0, 0.1) is 0 Å². The van der Waals surface area contributed by atoms with Gasteiger partial charge in [0.1, 0.15) is 6.26 Å². The van der Waals surface area contributed by atoms with E-state index in [9.17, 15) is 4.79 Å². The minimum atomic E-state index is -0.0535. The Balaban J connectivity index is 2.19. The predicted octanol–water partition coefficient (Wildman–Crippen LogP) is 2.22. The van der Waals surface area contributed by atoms with E-state index in [2.05, 4.69) is 27.9 Å². The van der Waals surface area contributed by atoms with E-state index in [1.165, 1.54) is 12.5 Å². The summed E-state index contributed by atoms with van der Waals surface area (Å²) in [5.74, 6) is -0.0535. The lowest BCUT2D eigenvalue weighted by Crippen LogP contribution is -2.23. The number of unbranched alkanes of at least 4 members (excludes halogenated alkanes) is 1. The number of rotatable bonds is 5. The van der Waals surface area contributed by atoms with Crippen molar-refractivity contribution in [1.82, 2.24) is 5.32 Å². The molecule has 0 unspecified atom stereocenters. The highest BCUT2D eigenvalue weighted by Crippen LogP contribution is 1.99. The average Bonchev–Trinajstić information content (AvgIpc) is 2.65. The first-order chi connectivity index (χ1) is 6.34. The molecule has 0 spiro atoms. The van der Waals surface area contributed by atoms with Crippen molar-refractivity contribution in [2.45, 2.75) is 12.8 Å². The number of furan rings is 1. The van der Waals surface area contributed by atoms with Crippen LogP contribution in [0.4, 0.5) is 0 Å². The second-order valence-corrected chi connectivity index (χ2v) is 3.74. The molecule has 3 nitrogen and oxygen atoms in total. The van der Waals surface area contributed by atoms with Crippen LogP contribution in [0.3, 0.4) is 0 Å². The molecule has 1 rings (SSSR count). The van der Waals surface area contributed by atoms with E-state index in [1.807, 2.05) is 0 Å². The van der Waals surface area contributed by atoms with Crippen molar-refractivity contribution >= 4 is 28.5 Å². The van der Waals surface area contributed by atoms with Crippen LogP contribution < -0.4 is 5.32 Å². The van der Waals surface area contributed by atoms with Gasteiger partial charge in [-0.2, -0.15) is 0 Å². The molecule has 0 aliphatic heterocycles. The van der Waals surface area contributed by atoms with E-state index < -0.39 is 0 Å². The molecular weight excluding hydrogens is 281 g/mol. The predicted molar refractivity (Wildman–Crippen MR) is 59.2 cm³/mol. The van der Waals surface area contributed by atoms with E-state index in [1.54, 1.807) is 6.07 Å². The summed E-state index contributed by atoms with van der Waals surface area (Å²) in [6.07, 6.45) is 5.13. The number of halogens is 1. The maximum atomic E-state index is 11.3. The first-order valence-electron chi connectivity index (χ1n) is 4.21. The Labute approximate surface area is 91.0 Å². The monoisotopic (exact) mass is 293 g/mol. The summed E-state index contributed by atoms with van der Waals surface area (Å²) >= 11 is 2.33. The molecule has 1 amide bonds. The van der Waals surface area contributed by atoms with Gasteiger partial charge in [-0.15, -0.1) is 0 Å². The van der Waals surface area contributed by atoms with Crippen LogP contribution in [0.2, 0.25) is 0 Å². The fraction of sp³-hybridized carbons (Fsp3) is 0.444. The van der Waals surface area contributed by atoms with Gasteiger partial charge in [-0.3, -0.25) is 4.79 Å². The van der Waals surface area contributed by atoms with E-state index in [4.69, 9.17) is 4.42 Å². The maximum absolute atomic E-state index is 11.3. The van der Waals surface area contributed by atoms with Crippen molar-refractivity contribution in [3.8, 4) is 0 Å². The summed E-state index contributed by atoms with van der Waals surface area (Å²) in [5, 5.41) is 2.82.